The van der Waals surface area contributed by atoms with Gasteiger partial charge in [-0.05, 0) is 35.4 Å². The van der Waals surface area contributed by atoms with Gasteiger partial charge in [0, 0.05) is 0 Å². The SMILES string of the molecule is COc1ccc(-c2ccc3c(c2)OCCO3)cc1OC. The Labute approximate surface area is 117 Å². The van der Waals surface area contributed by atoms with E-state index in [-0.39, 0.29) is 0 Å². The Hall–Kier alpha value is -2.36. The zero-order valence-electron chi connectivity index (χ0n) is 11.5. The van der Waals surface area contributed by atoms with Gasteiger partial charge in [0.25, 0.3) is 0 Å². The maximum atomic E-state index is 5.61. The van der Waals surface area contributed by atoms with E-state index in [1.165, 1.54) is 0 Å². The van der Waals surface area contributed by atoms with Gasteiger partial charge in [-0.15, -0.1) is 0 Å². The van der Waals surface area contributed by atoms with E-state index < -0.39 is 0 Å². The van der Waals surface area contributed by atoms with Crippen molar-refractivity contribution in [1.82, 2.24) is 0 Å². The van der Waals surface area contributed by atoms with E-state index >= 15 is 0 Å². The zero-order chi connectivity index (χ0) is 13.9. The highest BCUT2D eigenvalue weighted by Crippen LogP contribution is 2.37. The van der Waals surface area contributed by atoms with Gasteiger partial charge >= 0.3 is 0 Å². The van der Waals surface area contributed by atoms with Crippen molar-refractivity contribution in [3.05, 3.63) is 36.4 Å². The first-order valence-electron chi connectivity index (χ1n) is 6.44. The lowest BCUT2D eigenvalue weighted by molar-refractivity contribution is 0.171. The summed E-state index contributed by atoms with van der Waals surface area (Å²) in [6.45, 7) is 1.19. The summed E-state index contributed by atoms with van der Waals surface area (Å²) >= 11 is 0. The molecule has 20 heavy (non-hydrogen) atoms. The Bertz CT molecular complexity index is 584. The average Bonchev–Trinajstić information content (AvgIpc) is 2.53. The molecule has 0 saturated carbocycles. The van der Waals surface area contributed by atoms with Gasteiger partial charge in [0.05, 0.1) is 14.2 Å². The number of hydrogen-bond acceptors (Lipinski definition) is 4. The summed E-state index contributed by atoms with van der Waals surface area (Å²) in [6, 6.07) is 11.8. The van der Waals surface area contributed by atoms with Crippen molar-refractivity contribution in [2.45, 2.75) is 0 Å². The van der Waals surface area contributed by atoms with E-state index in [2.05, 4.69) is 0 Å². The largest absolute Gasteiger partial charge is 0.493 e. The number of hydrogen-bond donors (Lipinski definition) is 0. The number of rotatable bonds is 3. The van der Waals surface area contributed by atoms with Gasteiger partial charge in [-0.25, -0.2) is 0 Å². The Kier molecular flexibility index (Phi) is 3.37. The van der Waals surface area contributed by atoms with E-state index in [9.17, 15) is 0 Å². The topological polar surface area (TPSA) is 36.9 Å². The molecule has 0 bridgehead atoms. The standard InChI is InChI=1S/C16H16O4/c1-17-13-5-3-11(9-15(13)18-2)12-4-6-14-16(10-12)20-8-7-19-14/h3-6,9-10H,7-8H2,1-2H3. The molecule has 0 N–H and O–H groups in total. The lowest BCUT2D eigenvalue weighted by Crippen LogP contribution is -2.15. The summed E-state index contributed by atoms with van der Waals surface area (Å²) in [5, 5.41) is 0. The fraction of sp³-hybridized carbons (Fsp3) is 0.250. The van der Waals surface area contributed by atoms with Crippen LogP contribution in [0.5, 0.6) is 23.0 Å². The molecule has 0 unspecified atom stereocenters. The maximum Gasteiger partial charge on any atom is 0.161 e. The summed E-state index contributed by atoms with van der Waals surface area (Å²) in [5.74, 6) is 3.00. The smallest absolute Gasteiger partial charge is 0.161 e. The minimum Gasteiger partial charge on any atom is -0.493 e. The van der Waals surface area contributed by atoms with Gasteiger partial charge in [0.2, 0.25) is 0 Å². The molecule has 0 radical (unpaired) electrons. The summed E-state index contributed by atoms with van der Waals surface area (Å²) < 4.78 is 21.7. The second kappa shape index (κ2) is 5.33. The normalized spacial score (nSPS) is 12.9. The first-order chi connectivity index (χ1) is 9.81. The molecule has 2 aromatic rings. The predicted molar refractivity (Wildman–Crippen MR) is 76.0 cm³/mol. The number of benzene rings is 2. The van der Waals surface area contributed by atoms with Crippen LogP contribution in [0, 0.1) is 0 Å². The summed E-state index contributed by atoms with van der Waals surface area (Å²) in [5.41, 5.74) is 2.09. The predicted octanol–water partition coefficient (Wildman–Crippen LogP) is 3.14. The highest BCUT2D eigenvalue weighted by molar-refractivity contribution is 5.70. The Balaban J connectivity index is 2.00. The Morgan fingerprint density at radius 2 is 1.40 bits per heavy atom. The van der Waals surface area contributed by atoms with E-state index in [1.54, 1.807) is 14.2 Å². The van der Waals surface area contributed by atoms with Crippen LogP contribution in [0.25, 0.3) is 11.1 Å². The first-order valence-corrected chi connectivity index (χ1v) is 6.44. The minimum absolute atomic E-state index is 0.586. The van der Waals surface area contributed by atoms with Gasteiger partial charge in [-0.3, -0.25) is 0 Å². The van der Waals surface area contributed by atoms with E-state index in [4.69, 9.17) is 18.9 Å². The second-order valence-electron chi connectivity index (χ2n) is 4.43. The third-order valence-electron chi connectivity index (χ3n) is 3.26. The lowest BCUT2D eigenvalue weighted by Gasteiger charge is -2.19. The van der Waals surface area contributed by atoms with Crippen LogP contribution >= 0.6 is 0 Å². The zero-order valence-corrected chi connectivity index (χ0v) is 11.5. The molecule has 104 valence electrons. The van der Waals surface area contributed by atoms with Crippen LogP contribution in [-0.2, 0) is 0 Å². The van der Waals surface area contributed by atoms with Crippen LogP contribution < -0.4 is 18.9 Å². The Morgan fingerprint density at radius 1 is 0.750 bits per heavy atom. The fourth-order valence-electron chi connectivity index (χ4n) is 2.24. The van der Waals surface area contributed by atoms with Gasteiger partial charge in [0.1, 0.15) is 13.2 Å². The van der Waals surface area contributed by atoms with Crippen molar-refractivity contribution < 1.29 is 18.9 Å². The van der Waals surface area contributed by atoms with E-state index in [0.29, 0.717) is 24.7 Å². The number of ether oxygens (including phenoxy) is 4. The first kappa shape index (κ1) is 12.7. The summed E-state index contributed by atoms with van der Waals surface area (Å²) in [4.78, 5) is 0. The third-order valence-corrected chi connectivity index (χ3v) is 3.26. The van der Waals surface area contributed by atoms with Crippen LogP contribution in [0.3, 0.4) is 0 Å². The van der Waals surface area contributed by atoms with Gasteiger partial charge in [-0.1, -0.05) is 12.1 Å². The molecule has 0 amide bonds. The van der Waals surface area contributed by atoms with Gasteiger partial charge in [0.15, 0.2) is 23.0 Å². The molecule has 0 saturated heterocycles. The van der Waals surface area contributed by atoms with Crippen molar-refractivity contribution in [2.75, 3.05) is 27.4 Å². The van der Waals surface area contributed by atoms with Crippen molar-refractivity contribution in [3.63, 3.8) is 0 Å². The minimum atomic E-state index is 0.586. The van der Waals surface area contributed by atoms with Crippen LogP contribution in [0.15, 0.2) is 36.4 Å². The average molecular weight is 272 g/mol. The van der Waals surface area contributed by atoms with Crippen LogP contribution in [0.1, 0.15) is 0 Å². The second-order valence-corrected chi connectivity index (χ2v) is 4.43. The molecule has 3 rings (SSSR count). The molecular weight excluding hydrogens is 256 g/mol. The fourth-order valence-corrected chi connectivity index (χ4v) is 2.24. The number of fused-ring (bicyclic) bond motifs is 1. The molecule has 0 fully saturated rings. The molecule has 0 spiro atoms. The number of methoxy groups -OCH3 is 2. The summed E-state index contributed by atoms with van der Waals surface area (Å²) in [6.07, 6.45) is 0. The Morgan fingerprint density at radius 3 is 2.15 bits per heavy atom. The monoisotopic (exact) mass is 272 g/mol. The van der Waals surface area contributed by atoms with Crippen molar-refractivity contribution in [2.24, 2.45) is 0 Å². The quantitative estimate of drug-likeness (QED) is 0.860. The van der Waals surface area contributed by atoms with E-state index in [1.807, 2.05) is 36.4 Å². The van der Waals surface area contributed by atoms with Crippen molar-refractivity contribution in [3.8, 4) is 34.1 Å². The molecule has 2 aromatic carbocycles. The highest BCUT2D eigenvalue weighted by Gasteiger charge is 2.13. The molecule has 0 atom stereocenters. The van der Waals surface area contributed by atoms with E-state index in [0.717, 1.165) is 22.6 Å². The van der Waals surface area contributed by atoms with Crippen LogP contribution in [0.2, 0.25) is 0 Å². The molecule has 4 nitrogen and oxygen atoms in total. The molecule has 1 heterocycles. The lowest BCUT2D eigenvalue weighted by atomic mass is 10.0. The molecule has 0 aromatic heterocycles. The van der Waals surface area contributed by atoms with Crippen molar-refractivity contribution >= 4 is 0 Å². The molecule has 1 aliphatic heterocycles. The molecular formula is C16H16O4. The third kappa shape index (κ3) is 2.25. The van der Waals surface area contributed by atoms with Gasteiger partial charge in [-0.2, -0.15) is 0 Å². The maximum absolute atomic E-state index is 5.61. The molecule has 4 heteroatoms. The molecule has 0 aliphatic carbocycles. The van der Waals surface area contributed by atoms with Crippen LogP contribution in [0.4, 0.5) is 0 Å². The highest BCUT2D eigenvalue weighted by atomic mass is 16.6. The van der Waals surface area contributed by atoms with Crippen molar-refractivity contribution in [1.29, 1.82) is 0 Å². The van der Waals surface area contributed by atoms with Gasteiger partial charge < -0.3 is 18.9 Å². The molecule has 1 aliphatic rings. The van der Waals surface area contributed by atoms with Crippen LogP contribution in [-0.4, -0.2) is 27.4 Å². The summed E-state index contributed by atoms with van der Waals surface area (Å²) in [7, 11) is 3.26.